The van der Waals surface area contributed by atoms with E-state index in [4.69, 9.17) is 42.9 Å². The zero-order valence-corrected chi connectivity index (χ0v) is 33.3. The largest absolute Gasteiger partial charge is 0.497 e. The van der Waals surface area contributed by atoms with Crippen molar-refractivity contribution in [2.45, 2.75) is 120 Å². The standard InChI is InChI=1S/C46H59NO9/c1-4-5-6-15-28-45(53-30-31-54-45)29-16-10-8-7-9-14-19-40(52-33-36-22-26-39(50-3)27-23-36)41-42-46(44(48)55-41,47-43(56-42)37-17-12-11-13-18-37)34-51-32-35-20-24-38(49-2)25-21-35/h11-14,17-27,40-42H,4-10,15-16,28-34H2,1-3H3/b19-14+/t40-,41+,42-,46-/m0/s1. The van der Waals surface area contributed by atoms with Crippen molar-refractivity contribution < 1.29 is 42.7 Å². The van der Waals surface area contributed by atoms with Crippen molar-refractivity contribution in [1.29, 1.82) is 0 Å². The van der Waals surface area contributed by atoms with Crippen molar-refractivity contribution in [2.75, 3.05) is 34.0 Å². The third-order valence-electron chi connectivity index (χ3n) is 10.8. The number of hydrogen-bond acceptors (Lipinski definition) is 10. The molecule has 0 unspecified atom stereocenters. The van der Waals surface area contributed by atoms with E-state index in [9.17, 15) is 4.79 Å². The van der Waals surface area contributed by atoms with Gasteiger partial charge in [0.05, 0.1) is 47.3 Å². The molecule has 0 N–H and O–H groups in total. The number of nitrogens with zero attached hydrogens (tertiary/aromatic N) is 1. The summed E-state index contributed by atoms with van der Waals surface area (Å²) in [6, 6.07) is 25.0. The van der Waals surface area contributed by atoms with Gasteiger partial charge in [-0.05, 0) is 73.2 Å². The first-order valence-corrected chi connectivity index (χ1v) is 20.4. The monoisotopic (exact) mass is 769 g/mol. The molecule has 2 saturated heterocycles. The minimum absolute atomic E-state index is 0.0135. The molecule has 2 fully saturated rings. The molecule has 3 heterocycles. The second kappa shape index (κ2) is 20.8. The number of carbonyl (C=O) groups excluding carboxylic acids is 1. The van der Waals surface area contributed by atoms with Crippen molar-refractivity contribution >= 4 is 11.9 Å². The maximum Gasteiger partial charge on any atom is 0.341 e. The Morgan fingerprint density at radius 3 is 2.04 bits per heavy atom. The van der Waals surface area contributed by atoms with E-state index in [0.29, 0.717) is 25.7 Å². The van der Waals surface area contributed by atoms with Gasteiger partial charge in [0.2, 0.25) is 11.4 Å². The van der Waals surface area contributed by atoms with Gasteiger partial charge >= 0.3 is 5.97 Å². The number of ether oxygens (including phenoxy) is 8. The number of hydrogen-bond donors (Lipinski definition) is 0. The topological polar surface area (TPSA) is 103 Å². The molecule has 4 atom stereocenters. The molecule has 0 radical (unpaired) electrons. The van der Waals surface area contributed by atoms with E-state index in [1.807, 2.05) is 84.9 Å². The lowest BCUT2D eigenvalue weighted by molar-refractivity contribution is -0.168. The highest BCUT2D eigenvalue weighted by molar-refractivity contribution is 6.00. The molecule has 0 aromatic heterocycles. The van der Waals surface area contributed by atoms with Crippen LogP contribution < -0.4 is 9.47 Å². The minimum Gasteiger partial charge on any atom is -0.497 e. The molecular formula is C46H59NO9. The number of benzene rings is 3. The molecule has 3 aliphatic rings. The van der Waals surface area contributed by atoms with Crippen LogP contribution in [-0.2, 0) is 46.4 Å². The Kier molecular flexibility index (Phi) is 15.4. The number of cyclic esters (lactones) is 1. The minimum atomic E-state index is -1.39. The van der Waals surface area contributed by atoms with Gasteiger partial charge in [-0.2, -0.15) is 0 Å². The van der Waals surface area contributed by atoms with E-state index in [0.717, 1.165) is 79.6 Å². The molecule has 3 aromatic carbocycles. The van der Waals surface area contributed by atoms with Crippen molar-refractivity contribution in [3.8, 4) is 11.5 Å². The van der Waals surface area contributed by atoms with E-state index >= 15 is 0 Å². The molecule has 0 bridgehead atoms. The predicted octanol–water partition coefficient (Wildman–Crippen LogP) is 8.93. The molecule has 10 heteroatoms. The van der Waals surface area contributed by atoms with Crippen LogP contribution in [0.25, 0.3) is 0 Å². The number of fused-ring (bicyclic) bond motifs is 1. The van der Waals surface area contributed by atoms with Crippen molar-refractivity contribution in [3.05, 3.63) is 108 Å². The quantitative estimate of drug-likeness (QED) is 0.0502. The zero-order chi connectivity index (χ0) is 39.1. The van der Waals surface area contributed by atoms with Gasteiger partial charge in [-0.15, -0.1) is 0 Å². The number of allylic oxidation sites excluding steroid dienone is 1. The second-order valence-corrected chi connectivity index (χ2v) is 14.9. The molecule has 0 amide bonds. The van der Waals surface area contributed by atoms with Crippen LogP contribution in [0.3, 0.4) is 0 Å². The lowest BCUT2D eigenvalue weighted by atomic mass is 9.91. The highest BCUT2D eigenvalue weighted by Gasteiger charge is 2.65. The van der Waals surface area contributed by atoms with E-state index < -0.39 is 29.8 Å². The fourth-order valence-electron chi connectivity index (χ4n) is 7.60. The Balaban J connectivity index is 1.11. The van der Waals surface area contributed by atoms with Crippen molar-refractivity contribution in [3.63, 3.8) is 0 Å². The summed E-state index contributed by atoms with van der Waals surface area (Å²) in [6.07, 6.45) is 14.0. The third kappa shape index (κ3) is 10.8. The Morgan fingerprint density at radius 2 is 1.39 bits per heavy atom. The average Bonchev–Trinajstić information content (AvgIpc) is 3.94. The highest BCUT2D eigenvalue weighted by Crippen LogP contribution is 2.41. The maximum atomic E-state index is 14.0. The molecule has 302 valence electrons. The van der Waals surface area contributed by atoms with Crippen LogP contribution in [0.4, 0.5) is 0 Å². The van der Waals surface area contributed by atoms with Crippen LogP contribution in [0.1, 0.15) is 94.2 Å². The lowest BCUT2D eigenvalue weighted by Crippen LogP contribution is -2.48. The summed E-state index contributed by atoms with van der Waals surface area (Å²) in [5.41, 5.74) is 1.30. The molecule has 3 aliphatic heterocycles. The highest BCUT2D eigenvalue weighted by atomic mass is 16.7. The van der Waals surface area contributed by atoms with Crippen molar-refractivity contribution in [2.24, 2.45) is 4.99 Å². The van der Waals surface area contributed by atoms with E-state index in [1.54, 1.807) is 14.2 Å². The Morgan fingerprint density at radius 1 is 0.768 bits per heavy atom. The molecule has 56 heavy (non-hydrogen) atoms. The van der Waals surface area contributed by atoms with Crippen LogP contribution in [-0.4, -0.2) is 75.5 Å². The van der Waals surface area contributed by atoms with Crippen LogP contribution in [0, 0.1) is 0 Å². The maximum absolute atomic E-state index is 14.0. The van der Waals surface area contributed by atoms with Gasteiger partial charge in [-0.1, -0.05) is 93.6 Å². The number of unbranched alkanes of at least 4 members (excludes halogenated alkanes) is 7. The van der Waals surface area contributed by atoms with Crippen LogP contribution in [0.2, 0.25) is 0 Å². The summed E-state index contributed by atoms with van der Waals surface area (Å²) in [6.45, 7) is 4.20. The molecule has 6 rings (SSSR count). The van der Waals surface area contributed by atoms with E-state index in [1.165, 1.54) is 19.3 Å². The number of carbonyl (C=O) groups is 1. The first-order chi connectivity index (χ1) is 27.5. The number of esters is 1. The van der Waals surface area contributed by atoms with Gasteiger partial charge < -0.3 is 37.9 Å². The van der Waals surface area contributed by atoms with Gasteiger partial charge in [-0.3, -0.25) is 0 Å². The number of methoxy groups -OCH3 is 2. The third-order valence-corrected chi connectivity index (χ3v) is 10.8. The van der Waals surface area contributed by atoms with Crippen LogP contribution in [0.15, 0.2) is 96.0 Å². The summed E-state index contributed by atoms with van der Waals surface area (Å²) < 4.78 is 48.4. The predicted molar refractivity (Wildman–Crippen MR) is 215 cm³/mol. The number of rotatable bonds is 24. The average molecular weight is 770 g/mol. The van der Waals surface area contributed by atoms with Crippen LogP contribution in [0.5, 0.6) is 11.5 Å². The van der Waals surface area contributed by atoms with Crippen molar-refractivity contribution in [1.82, 2.24) is 0 Å². The first kappa shape index (κ1) is 41.4. The summed E-state index contributed by atoms with van der Waals surface area (Å²) in [7, 11) is 3.28. The smallest absolute Gasteiger partial charge is 0.341 e. The summed E-state index contributed by atoms with van der Waals surface area (Å²) in [5, 5.41) is 0. The fourth-order valence-corrected chi connectivity index (χ4v) is 7.60. The molecule has 10 nitrogen and oxygen atoms in total. The van der Waals surface area contributed by atoms with E-state index in [2.05, 4.69) is 13.0 Å². The summed E-state index contributed by atoms with van der Waals surface area (Å²) in [5.74, 6) is 1.04. The Bertz CT molecular complexity index is 1690. The molecule has 0 saturated carbocycles. The molecule has 0 spiro atoms. The second-order valence-electron chi connectivity index (χ2n) is 14.9. The van der Waals surface area contributed by atoms with Gasteiger partial charge in [0.25, 0.3) is 0 Å². The first-order valence-electron chi connectivity index (χ1n) is 20.4. The zero-order valence-electron chi connectivity index (χ0n) is 33.3. The molecular weight excluding hydrogens is 711 g/mol. The summed E-state index contributed by atoms with van der Waals surface area (Å²) >= 11 is 0. The van der Waals surface area contributed by atoms with Gasteiger partial charge in [0.1, 0.15) is 17.6 Å². The van der Waals surface area contributed by atoms with Gasteiger partial charge in [0, 0.05) is 18.4 Å². The SMILES string of the molecule is CCCCCCC1(CCCCCC/C=C/[C@H](OCc2ccc(OC)cc2)[C@H]2OC(=O)[C@@]3(COCc4ccc(OC)cc4)N=C(c4ccccc4)O[C@@H]23)OCCO1. The van der Waals surface area contributed by atoms with E-state index in [-0.39, 0.29) is 19.0 Å². The molecule has 0 aliphatic carbocycles. The normalized spacial score (nSPS) is 21.8. The number of aliphatic imine (C=N–C) groups is 1. The van der Waals surface area contributed by atoms with Crippen LogP contribution >= 0.6 is 0 Å². The summed E-state index contributed by atoms with van der Waals surface area (Å²) in [4.78, 5) is 18.9. The molecule has 3 aromatic rings. The fraction of sp³-hybridized carbons (Fsp3) is 0.522. The lowest BCUT2D eigenvalue weighted by Gasteiger charge is -2.27. The Labute approximate surface area is 332 Å². The van der Waals surface area contributed by atoms with Gasteiger partial charge in [0.15, 0.2) is 18.0 Å². The van der Waals surface area contributed by atoms with Gasteiger partial charge in [-0.25, -0.2) is 9.79 Å². The Hall–Kier alpha value is -4.22.